The van der Waals surface area contributed by atoms with Crippen LogP contribution in [-0.2, 0) is 6.42 Å². The lowest BCUT2D eigenvalue weighted by molar-refractivity contribution is 0.108. The summed E-state index contributed by atoms with van der Waals surface area (Å²) in [6.07, 6.45) is 5.35. The number of aliphatic hydroxyl groups excluding tert-OH is 1. The molecule has 1 saturated carbocycles. The van der Waals surface area contributed by atoms with Gasteiger partial charge in [0.25, 0.3) is 0 Å². The molecule has 0 radical (unpaired) electrons. The molecular weight excluding hydrogens is 256 g/mol. The lowest BCUT2D eigenvalue weighted by Gasteiger charge is -2.30. The van der Waals surface area contributed by atoms with Crippen molar-refractivity contribution in [3.8, 4) is 0 Å². The van der Waals surface area contributed by atoms with Gasteiger partial charge in [0.1, 0.15) is 5.82 Å². The van der Waals surface area contributed by atoms with Crippen molar-refractivity contribution in [1.82, 2.24) is 20.3 Å². The standard InChI is InChI=1S/C13H24N6O/c1-2-8(16-9-4-3-5-10(20)6-9)7-11-17-12(14)19-13(15)18-11/h8-10,16,20H,2-7H2,1H3,(H4,14,15,17,18,19). The van der Waals surface area contributed by atoms with E-state index in [2.05, 4.69) is 27.2 Å². The number of anilines is 2. The average molecular weight is 280 g/mol. The highest BCUT2D eigenvalue weighted by Gasteiger charge is 2.22. The van der Waals surface area contributed by atoms with E-state index in [0.29, 0.717) is 18.3 Å². The first-order valence-electron chi connectivity index (χ1n) is 7.26. The molecule has 1 aromatic heterocycles. The van der Waals surface area contributed by atoms with E-state index < -0.39 is 0 Å². The van der Waals surface area contributed by atoms with Gasteiger partial charge in [0.05, 0.1) is 6.10 Å². The number of nitrogens with one attached hydrogen (secondary N) is 1. The molecule has 0 aromatic carbocycles. The maximum absolute atomic E-state index is 9.72. The Morgan fingerprint density at radius 3 is 2.55 bits per heavy atom. The van der Waals surface area contributed by atoms with Gasteiger partial charge >= 0.3 is 0 Å². The van der Waals surface area contributed by atoms with E-state index >= 15 is 0 Å². The van der Waals surface area contributed by atoms with Gasteiger partial charge in [-0.25, -0.2) is 0 Å². The van der Waals surface area contributed by atoms with Crippen LogP contribution in [0, 0.1) is 0 Å². The number of nitrogens with two attached hydrogens (primary N) is 2. The summed E-state index contributed by atoms with van der Waals surface area (Å²) >= 11 is 0. The number of aliphatic hydroxyl groups is 1. The van der Waals surface area contributed by atoms with Crippen molar-refractivity contribution < 1.29 is 5.11 Å². The van der Waals surface area contributed by atoms with Crippen LogP contribution in [0.25, 0.3) is 0 Å². The highest BCUT2D eigenvalue weighted by atomic mass is 16.3. The molecule has 0 bridgehead atoms. The normalized spacial score (nSPS) is 24.5. The topological polar surface area (TPSA) is 123 Å². The van der Waals surface area contributed by atoms with Gasteiger partial charge in [-0.3, -0.25) is 0 Å². The minimum atomic E-state index is -0.178. The van der Waals surface area contributed by atoms with Crippen LogP contribution in [-0.4, -0.2) is 38.2 Å². The molecule has 0 saturated heterocycles. The SMILES string of the molecule is CCC(Cc1nc(N)nc(N)n1)NC1CCCC(O)C1. The summed E-state index contributed by atoms with van der Waals surface area (Å²) < 4.78 is 0. The van der Waals surface area contributed by atoms with Crippen molar-refractivity contribution >= 4 is 11.9 Å². The smallest absolute Gasteiger partial charge is 0.225 e. The van der Waals surface area contributed by atoms with Gasteiger partial charge in [0, 0.05) is 18.5 Å². The molecule has 2 rings (SSSR count). The molecule has 7 nitrogen and oxygen atoms in total. The number of nitrogens with zero attached hydrogens (tertiary/aromatic N) is 3. The third-order valence-corrected chi connectivity index (χ3v) is 3.76. The van der Waals surface area contributed by atoms with Crippen molar-refractivity contribution in [3.63, 3.8) is 0 Å². The second-order valence-corrected chi connectivity index (χ2v) is 5.46. The summed E-state index contributed by atoms with van der Waals surface area (Å²) in [5.41, 5.74) is 11.2. The zero-order valence-corrected chi connectivity index (χ0v) is 11.9. The van der Waals surface area contributed by atoms with Gasteiger partial charge in [-0.05, 0) is 32.1 Å². The zero-order valence-electron chi connectivity index (χ0n) is 11.9. The van der Waals surface area contributed by atoms with Crippen molar-refractivity contribution in [2.75, 3.05) is 11.5 Å². The molecule has 3 unspecified atom stereocenters. The first-order valence-corrected chi connectivity index (χ1v) is 7.26. The molecule has 3 atom stereocenters. The predicted molar refractivity (Wildman–Crippen MR) is 77.8 cm³/mol. The molecule has 6 N–H and O–H groups in total. The van der Waals surface area contributed by atoms with Crippen molar-refractivity contribution in [2.24, 2.45) is 0 Å². The summed E-state index contributed by atoms with van der Waals surface area (Å²) in [5.74, 6) is 0.941. The summed E-state index contributed by atoms with van der Waals surface area (Å²) in [5, 5.41) is 13.3. The average Bonchev–Trinajstić information content (AvgIpc) is 2.36. The molecule has 0 amide bonds. The second-order valence-electron chi connectivity index (χ2n) is 5.46. The van der Waals surface area contributed by atoms with Gasteiger partial charge in [-0.2, -0.15) is 15.0 Å². The van der Waals surface area contributed by atoms with Crippen molar-refractivity contribution in [1.29, 1.82) is 0 Å². The Hall–Kier alpha value is -1.47. The molecule has 1 aromatic rings. The van der Waals surface area contributed by atoms with E-state index in [4.69, 9.17) is 11.5 Å². The molecule has 7 heteroatoms. The van der Waals surface area contributed by atoms with Gasteiger partial charge in [-0.15, -0.1) is 0 Å². The van der Waals surface area contributed by atoms with Gasteiger partial charge in [0.15, 0.2) is 0 Å². The molecule has 1 heterocycles. The monoisotopic (exact) mass is 280 g/mol. The Kier molecular flexibility index (Phi) is 5.08. The number of rotatable bonds is 5. The van der Waals surface area contributed by atoms with Crippen LogP contribution in [0.15, 0.2) is 0 Å². The molecule has 0 aliphatic heterocycles. The van der Waals surface area contributed by atoms with Crippen LogP contribution in [0.4, 0.5) is 11.9 Å². The fourth-order valence-corrected chi connectivity index (χ4v) is 2.74. The van der Waals surface area contributed by atoms with Crippen LogP contribution in [0.5, 0.6) is 0 Å². The zero-order chi connectivity index (χ0) is 14.5. The number of hydrogen-bond acceptors (Lipinski definition) is 7. The first kappa shape index (κ1) is 14.9. The van der Waals surface area contributed by atoms with Crippen molar-refractivity contribution in [3.05, 3.63) is 5.82 Å². The van der Waals surface area contributed by atoms with Crippen LogP contribution in [0.3, 0.4) is 0 Å². The lowest BCUT2D eigenvalue weighted by Crippen LogP contribution is -2.43. The van der Waals surface area contributed by atoms with E-state index in [9.17, 15) is 5.11 Å². The first-order chi connectivity index (χ1) is 9.56. The largest absolute Gasteiger partial charge is 0.393 e. The molecule has 112 valence electrons. The predicted octanol–water partition coefficient (Wildman–Crippen LogP) is 0.250. The summed E-state index contributed by atoms with van der Waals surface area (Å²) in [6, 6.07) is 0.617. The van der Waals surface area contributed by atoms with Crippen LogP contribution < -0.4 is 16.8 Å². The number of nitrogen functional groups attached to an aromatic ring is 2. The number of hydrogen-bond donors (Lipinski definition) is 4. The molecular formula is C13H24N6O. The Bertz CT molecular complexity index is 421. The fourth-order valence-electron chi connectivity index (χ4n) is 2.74. The summed E-state index contributed by atoms with van der Waals surface area (Å²) in [7, 11) is 0. The van der Waals surface area contributed by atoms with E-state index in [1.807, 2.05) is 0 Å². The van der Waals surface area contributed by atoms with Gasteiger partial charge in [-0.1, -0.05) is 6.92 Å². The Balaban J connectivity index is 1.94. The number of aromatic nitrogens is 3. The van der Waals surface area contributed by atoms with Crippen LogP contribution in [0.1, 0.15) is 44.9 Å². The molecule has 1 fully saturated rings. The molecule has 0 spiro atoms. The Morgan fingerprint density at radius 1 is 1.25 bits per heavy atom. The van der Waals surface area contributed by atoms with Crippen molar-refractivity contribution in [2.45, 2.75) is 63.6 Å². The summed E-state index contributed by atoms with van der Waals surface area (Å²) in [6.45, 7) is 2.12. The molecule has 1 aliphatic carbocycles. The Morgan fingerprint density at radius 2 is 1.95 bits per heavy atom. The van der Waals surface area contributed by atoms with Gasteiger partial charge < -0.3 is 21.9 Å². The summed E-state index contributed by atoms with van der Waals surface area (Å²) in [4.78, 5) is 12.0. The molecule has 20 heavy (non-hydrogen) atoms. The van der Waals surface area contributed by atoms with E-state index in [1.54, 1.807) is 0 Å². The van der Waals surface area contributed by atoms with E-state index in [-0.39, 0.29) is 24.0 Å². The Labute approximate surface area is 119 Å². The highest BCUT2D eigenvalue weighted by molar-refractivity contribution is 5.26. The van der Waals surface area contributed by atoms with Crippen LogP contribution >= 0.6 is 0 Å². The maximum Gasteiger partial charge on any atom is 0.225 e. The maximum atomic E-state index is 9.72. The second kappa shape index (κ2) is 6.81. The van der Waals surface area contributed by atoms with E-state index in [0.717, 1.165) is 32.1 Å². The highest BCUT2D eigenvalue weighted by Crippen LogP contribution is 2.19. The quantitative estimate of drug-likeness (QED) is 0.609. The van der Waals surface area contributed by atoms with Crippen LogP contribution in [0.2, 0.25) is 0 Å². The fraction of sp³-hybridized carbons (Fsp3) is 0.769. The minimum absolute atomic E-state index is 0.162. The van der Waals surface area contributed by atoms with E-state index in [1.165, 1.54) is 0 Å². The third-order valence-electron chi connectivity index (χ3n) is 3.76. The molecule has 1 aliphatic rings. The minimum Gasteiger partial charge on any atom is -0.393 e. The third kappa shape index (κ3) is 4.28. The van der Waals surface area contributed by atoms with Gasteiger partial charge in [0.2, 0.25) is 11.9 Å². The lowest BCUT2D eigenvalue weighted by atomic mass is 9.92.